The summed E-state index contributed by atoms with van der Waals surface area (Å²) in [6.45, 7) is 0. The van der Waals surface area contributed by atoms with Gasteiger partial charge in [0.05, 0.1) is 12.7 Å². The van der Waals surface area contributed by atoms with Gasteiger partial charge in [0.1, 0.15) is 5.82 Å². The minimum Gasteiger partial charge on any atom is -0.494 e. The number of methoxy groups -OCH3 is 1. The van der Waals surface area contributed by atoms with E-state index in [9.17, 15) is 13.6 Å². The number of halogens is 2. The number of ether oxygens (including phenoxy) is 1. The van der Waals surface area contributed by atoms with Crippen LogP contribution in [-0.4, -0.2) is 18.2 Å². The van der Waals surface area contributed by atoms with E-state index in [1.165, 1.54) is 25.3 Å². The van der Waals surface area contributed by atoms with Crippen LogP contribution < -0.4 is 4.74 Å². The van der Waals surface area contributed by atoms with Crippen molar-refractivity contribution in [1.29, 1.82) is 0 Å². The minimum absolute atomic E-state index is 0.0300. The number of benzene rings is 2. The molecule has 0 aromatic heterocycles. The predicted molar refractivity (Wildman–Crippen MR) is 65.3 cm³/mol. The molecule has 2 aromatic carbocycles. The van der Waals surface area contributed by atoms with Crippen molar-refractivity contribution in [2.45, 2.75) is 0 Å². The van der Waals surface area contributed by atoms with E-state index in [4.69, 9.17) is 9.84 Å². The van der Waals surface area contributed by atoms with Crippen LogP contribution >= 0.6 is 0 Å². The summed E-state index contributed by atoms with van der Waals surface area (Å²) in [4.78, 5) is 10.9. The van der Waals surface area contributed by atoms with Crippen LogP contribution in [0.5, 0.6) is 5.75 Å². The van der Waals surface area contributed by atoms with Gasteiger partial charge in [0.15, 0.2) is 11.6 Å². The van der Waals surface area contributed by atoms with Gasteiger partial charge in [-0.1, -0.05) is 12.1 Å². The third kappa shape index (κ3) is 2.40. The largest absolute Gasteiger partial charge is 0.494 e. The summed E-state index contributed by atoms with van der Waals surface area (Å²) >= 11 is 0. The second kappa shape index (κ2) is 5.06. The van der Waals surface area contributed by atoms with Gasteiger partial charge in [-0.25, -0.2) is 13.6 Å². The zero-order chi connectivity index (χ0) is 14.0. The van der Waals surface area contributed by atoms with Crippen LogP contribution in [0.15, 0.2) is 36.4 Å². The number of rotatable bonds is 3. The maximum Gasteiger partial charge on any atom is 0.335 e. The van der Waals surface area contributed by atoms with Crippen LogP contribution in [0.3, 0.4) is 0 Å². The summed E-state index contributed by atoms with van der Waals surface area (Å²) in [6.07, 6.45) is 0. The molecule has 0 saturated heterocycles. The molecule has 0 aliphatic carbocycles. The van der Waals surface area contributed by atoms with E-state index in [0.717, 1.165) is 18.2 Å². The maximum absolute atomic E-state index is 14.0. The molecular weight excluding hydrogens is 254 g/mol. The molecular formula is C14H10F2O3. The minimum atomic E-state index is -1.20. The Balaban J connectivity index is 2.64. The fourth-order valence-electron chi connectivity index (χ4n) is 1.74. The normalized spacial score (nSPS) is 10.3. The van der Waals surface area contributed by atoms with Gasteiger partial charge in [-0.3, -0.25) is 0 Å². The van der Waals surface area contributed by atoms with Gasteiger partial charge >= 0.3 is 5.97 Å². The van der Waals surface area contributed by atoms with Crippen LogP contribution in [0, 0.1) is 11.6 Å². The highest BCUT2D eigenvalue weighted by Crippen LogP contribution is 2.31. The Hall–Kier alpha value is -2.43. The second-order valence-corrected chi connectivity index (χ2v) is 3.82. The second-order valence-electron chi connectivity index (χ2n) is 3.82. The molecule has 0 fully saturated rings. The molecule has 0 bridgehead atoms. The first-order valence-electron chi connectivity index (χ1n) is 5.40. The van der Waals surface area contributed by atoms with E-state index in [1.807, 2.05) is 0 Å². The molecule has 0 unspecified atom stereocenters. The average Bonchev–Trinajstić information content (AvgIpc) is 2.39. The Morgan fingerprint density at radius 3 is 2.53 bits per heavy atom. The zero-order valence-electron chi connectivity index (χ0n) is 9.98. The van der Waals surface area contributed by atoms with E-state index in [1.54, 1.807) is 0 Å². The highest BCUT2D eigenvalue weighted by atomic mass is 19.1. The number of carboxylic acids is 1. The fourth-order valence-corrected chi connectivity index (χ4v) is 1.74. The van der Waals surface area contributed by atoms with Gasteiger partial charge in [0.2, 0.25) is 0 Å². The van der Waals surface area contributed by atoms with E-state index in [2.05, 4.69) is 0 Å². The van der Waals surface area contributed by atoms with Gasteiger partial charge in [-0.15, -0.1) is 0 Å². The van der Waals surface area contributed by atoms with Gasteiger partial charge in [-0.2, -0.15) is 0 Å². The van der Waals surface area contributed by atoms with Crippen molar-refractivity contribution in [2.75, 3.05) is 7.11 Å². The molecule has 1 N–H and O–H groups in total. The van der Waals surface area contributed by atoms with Crippen LogP contribution in [0.25, 0.3) is 11.1 Å². The number of hydrogen-bond acceptors (Lipinski definition) is 2. The fraction of sp³-hybridized carbons (Fsp3) is 0.0714. The Labute approximate surface area is 108 Å². The van der Waals surface area contributed by atoms with Gasteiger partial charge in [0.25, 0.3) is 0 Å². The molecule has 0 heterocycles. The molecule has 0 aliphatic rings. The third-order valence-corrected chi connectivity index (χ3v) is 2.69. The van der Waals surface area contributed by atoms with Crippen LogP contribution in [0.4, 0.5) is 8.78 Å². The summed E-state index contributed by atoms with van der Waals surface area (Å²) in [5.41, 5.74) is -0.269. The molecule has 0 radical (unpaired) electrons. The molecule has 3 nitrogen and oxygen atoms in total. The first-order chi connectivity index (χ1) is 9.04. The highest BCUT2D eigenvalue weighted by molar-refractivity contribution is 5.89. The van der Waals surface area contributed by atoms with Crippen molar-refractivity contribution in [1.82, 2.24) is 0 Å². The first kappa shape index (κ1) is 13.0. The van der Waals surface area contributed by atoms with E-state index in [-0.39, 0.29) is 22.4 Å². The smallest absolute Gasteiger partial charge is 0.335 e. The highest BCUT2D eigenvalue weighted by Gasteiger charge is 2.15. The summed E-state index contributed by atoms with van der Waals surface area (Å²) in [5.74, 6) is -2.66. The lowest BCUT2D eigenvalue weighted by atomic mass is 10.0. The van der Waals surface area contributed by atoms with Gasteiger partial charge < -0.3 is 9.84 Å². The van der Waals surface area contributed by atoms with Crippen molar-refractivity contribution in [2.24, 2.45) is 0 Å². The van der Waals surface area contributed by atoms with Crippen LogP contribution in [-0.2, 0) is 0 Å². The number of aromatic carboxylic acids is 1. The standard InChI is InChI=1S/C14H10F2O3/c1-19-12-4-2-3-9(13(12)16)10-7-8(14(17)18)5-6-11(10)15/h2-7H,1H3,(H,17,18). The molecule has 0 saturated carbocycles. The number of hydrogen-bond donors (Lipinski definition) is 1. The Bertz CT molecular complexity index is 639. The van der Waals surface area contributed by atoms with Crippen molar-refractivity contribution < 1.29 is 23.4 Å². The lowest BCUT2D eigenvalue weighted by molar-refractivity contribution is 0.0697. The molecule has 98 valence electrons. The van der Waals surface area contributed by atoms with Gasteiger partial charge in [-0.05, 0) is 24.3 Å². The lowest BCUT2D eigenvalue weighted by Crippen LogP contribution is -1.99. The Morgan fingerprint density at radius 2 is 1.89 bits per heavy atom. The maximum atomic E-state index is 14.0. The van der Waals surface area contributed by atoms with E-state index in [0.29, 0.717) is 0 Å². The Morgan fingerprint density at radius 1 is 1.16 bits per heavy atom. The van der Waals surface area contributed by atoms with Crippen molar-refractivity contribution in [3.05, 3.63) is 53.6 Å². The summed E-state index contributed by atoms with van der Waals surface area (Å²) in [7, 11) is 1.30. The molecule has 19 heavy (non-hydrogen) atoms. The SMILES string of the molecule is COc1cccc(-c2cc(C(=O)O)ccc2F)c1F. The molecule has 2 rings (SSSR count). The molecule has 0 amide bonds. The van der Waals surface area contributed by atoms with Crippen molar-refractivity contribution in [3.63, 3.8) is 0 Å². The number of carbonyl (C=O) groups is 1. The summed E-state index contributed by atoms with van der Waals surface area (Å²) in [5, 5.41) is 8.88. The monoisotopic (exact) mass is 264 g/mol. The van der Waals surface area contributed by atoms with Crippen LogP contribution in [0.1, 0.15) is 10.4 Å². The number of carboxylic acid groups (broad SMARTS) is 1. The quantitative estimate of drug-likeness (QED) is 0.924. The predicted octanol–water partition coefficient (Wildman–Crippen LogP) is 3.34. The van der Waals surface area contributed by atoms with E-state index < -0.39 is 17.6 Å². The molecule has 0 aliphatic heterocycles. The Kier molecular flexibility index (Phi) is 3.46. The topological polar surface area (TPSA) is 46.5 Å². The summed E-state index contributed by atoms with van der Waals surface area (Å²) in [6, 6.07) is 7.48. The average molecular weight is 264 g/mol. The third-order valence-electron chi connectivity index (χ3n) is 2.69. The van der Waals surface area contributed by atoms with Gasteiger partial charge in [0, 0.05) is 11.1 Å². The van der Waals surface area contributed by atoms with E-state index >= 15 is 0 Å². The molecule has 2 aromatic rings. The summed E-state index contributed by atoms with van der Waals surface area (Å²) < 4.78 is 32.6. The molecule has 5 heteroatoms. The molecule has 0 atom stereocenters. The van der Waals surface area contributed by atoms with Crippen LogP contribution in [0.2, 0.25) is 0 Å². The van der Waals surface area contributed by atoms with Crippen molar-refractivity contribution >= 4 is 5.97 Å². The first-order valence-corrected chi connectivity index (χ1v) is 5.40. The van der Waals surface area contributed by atoms with Crippen molar-refractivity contribution in [3.8, 4) is 16.9 Å². The lowest BCUT2D eigenvalue weighted by Gasteiger charge is -2.09. The zero-order valence-corrected chi connectivity index (χ0v) is 9.98. The molecule has 0 spiro atoms.